The molecular weight excluding hydrogens is 224 g/mol. The standard InChI is InChI=1S/C14H16N4/c15-6-1-7-17-8-10-18(11-9-17)14-4-2-13(12-16)3-5-14/h2-5H,1,7-11H2. The van der Waals surface area contributed by atoms with Crippen LogP contribution in [0.5, 0.6) is 0 Å². The highest BCUT2D eigenvalue weighted by Crippen LogP contribution is 2.17. The van der Waals surface area contributed by atoms with Gasteiger partial charge >= 0.3 is 0 Å². The molecule has 1 aromatic carbocycles. The van der Waals surface area contributed by atoms with Crippen molar-refractivity contribution in [3.05, 3.63) is 29.8 Å². The molecule has 0 aromatic heterocycles. The van der Waals surface area contributed by atoms with Crippen LogP contribution in [0.3, 0.4) is 0 Å². The Labute approximate surface area is 108 Å². The quantitative estimate of drug-likeness (QED) is 0.805. The Morgan fingerprint density at radius 1 is 1.00 bits per heavy atom. The van der Waals surface area contributed by atoms with Crippen LogP contribution in [-0.2, 0) is 0 Å². The molecule has 1 fully saturated rings. The van der Waals surface area contributed by atoms with E-state index < -0.39 is 0 Å². The number of hydrogen-bond acceptors (Lipinski definition) is 4. The minimum absolute atomic E-state index is 0.608. The smallest absolute Gasteiger partial charge is 0.0991 e. The molecule has 1 aliphatic rings. The van der Waals surface area contributed by atoms with Crippen molar-refractivity contribution in [2.24, 2.45) is 0 Å². The summed E-state index contributed by atoms with van der Waals surface area (Å²) in [4.78, 5) is 4.65. The molecule has 0 spiro atoms. The zero-order valence-corrected chi connectivity index (χ0v) is 10.3. The number of rotatable bonds is 3. The maximum atomic E-state index is 8.76. The molecule has 0 unspecified atom stereocenters. The summed E-state index contributed by atoms with van der Waals surface area (Å²) in [7, 11) is 0. The highest BCUT2D eigenvalue weighted by atomic mass is 15.3. The molecule has 1 saturated heterocycles. The summed E-state index contributed by atoms with van der Waals surface area (Å²) < 4.78 is 0. The third-order valence-electron chi connectivity index (χ3n) is 3.27. The van der Waals surface area contributed by atoms with Gasteiger partial charge in [0, 0.05) is 44.8 Å². The third kappa shape index (κ3) is 3.00. The first kappa shape index (κ1) is 12.4. The lowest BCUT2D eigenvalue weighted by molar-refractivity contribution is 0.263. The van der Waals surface area contributed by atoms with E-state index in [-0.39, 0.29) is 0 Å². The van der Waals surface area contributed by atoms with Gasteiger partial charge in [-0.25, -0.2) is 0 Å². The van der Waals surface area contributed by atoms with Crippen LogP contribution in [0.4, 0.5) is 5.69 Å². The number of anilines is 1. The Hall–Kier alpha value is -2.04. The molecular formula is C14H16N4. The fraction of sp³-hybridized carbons (Fsp3) is 0.429. The van der Waals surface area contributed by atoms with Gasteiger partial charge in [0.05, 0.1) is 17.7 Å². The highest BCUT2D eigenvalue weighted by Gasteiger charge is 2.16. The van der Waals surface area contributed by atoms with Crippen LogP contribution in [0.15, 0.2) is 24.3 Å². The first-order chi connectivity index (χ1) is 8.83. The number of nitriles is 2. The van der Waals surface area contributed by atoms with E-state index in [9.17, 15) is 0 Å². The Bertz CT molecular complexity index is 458. The Balaban J connectivity index is 1.89. The van der Waals surface area contributed by atoms with E-state index >= 15 is 0 Å². The second kappa shape index (κ2) is 6.05. The molecule has 0 N–H and O–H groups in total. The predicted molar refractivity (Wildman–Crippen MR) is 70.0 cm³/mol. The van der Waals surface area contributed by atoms with Crippen molar-refractivity contribution in [1.29, 1.82) is 10.5 Å². The van der Waals surface area contributed by atoms with Gasteiger partial charge in [0.2, 0.25) is 0 Å². The van der Waals surface area contributed by atoms with Gasteiger partial charge in [-0.1, -0.05) is 0 Å². The zero-order valence-electron chi connectivity index (χ0n) is 10.3. The van der Waals surface area contributed by atoms with Crippen molar-refractivity contribution in [3.63, 3.8) is 0 Å². The van der Waals surface area contributed by atoms with Gasteiger partial charge in [-0.3, -0.25) is 4.90 Å². The fourth-order valence-electron chi connectivity index (χ4n) is 2.18. The average molecular weight is 240 g/mol. The summed E-state index contributed by atoms with van der Waals surface area (Å²) in [5.74, 6) is 0. The van der Waals surface area contributed by atoms with E-state index in [2.05, 4.69) is 21.9 Å². The normalized spacial score (nSPS) is 16.0. The summed E-state index contributed by atoms with van der Waals surface area (Å²) in [5, 5.41) is 17.3. The van der Waals surface area contributed by atoms with Crippen molar-refractivity contribution in [3.8, 4) is 12.1 Å². The van der Waals surface area contributed by atoms with Crippen molar-refractivity contribution in [2.45, 2.75) is 6.42 Å². The minimum Gasteiger partial charge on any atom is -0.369 e. The summed E-state index contributed by atoms with van der Waals surface area (Å²) >= 11 is 0. The lowest BCUT2D eigenvalue weighted by Gasteiger charge is -2.35. The summed E-state index contributed by atoms with van der Waals surface area (Å²) in [5.41, 5.74) is 1.88. The van der Waals surface area contributed by atoms with E-state index in [0.29, 0.717) is 12.0 Å². The second-order valence-corrected chi connectivity index (χ2v) is 4.40. The van der Waals surface area contributed by atoms with E-state index in [1.165, 1.54) is 5.69 Å². The topological polar surface area (TPSA) is 54.1 Å². The molecule has 0 amide bonds. The maximum Gasteiger partial charge on any atom is 0.0991 e. The summed E-state index contributed by atoms with van der Waals surface area (Å²) in [6.07, 6.45) is 0.608. The van der Waals surface area contributed by atoms with Crippen LogP contribution in [0.25, 0.3) is 0 Å². The monoisotopic (exact) mass is 240 g/mol. The van der Waals surface area contributed by atoms with Crippen LogP contribution >= 0.6 is 0 Å². The summed E-state index contributed by atoms with van der Waals surface area (Å²) in [6.45, 7) is 4.84. The Kier molecular flexibility index (Phi) is 4.17. The third-order valence-corrected chi connectivity index (χ3v) is 3.27. The average Bonchev–Trinajstić information content (AvgIpc) is 2.46. The summed E-state index contributed by atoms with van der Waals surface area (Å²) in [6, 6.07) is 12.0. The molecule has 1 heterocycles. The minimum atomic E-state index is 0.608. The molecule has 0 atom stereocenters. The van der Waals surface area contributed by atoms with Crippen LogP contribution in [-0.4, -0.2) is 37.6 Å². The van der Waals surface area contributed by atoms with Crippen LogP contribution < -0.4 is 4.90 Å². The van der Waals surface area contributed by atoms with E-state index in [4.69, 9.17) is 10.5 Å². The van der Waals surface area contributed by atoms with Gasteiger partial charge in [0.15, 0.2) is 0 Å². The molecule has 2 rings (SSSR count). The molecule has 4 heteroatoms. The molecule has 0 bridgehead atoms. The maximum absolute atomic E-state index is 8.76. The Morgan fingerprint density at radius 2 is 1.67 bits per heavy atom. The van der Waals surface area contributed by atoms with Crippen molar-refractivity contribution >= 4 is 5.69 Å². The number of hydrogen-bond donors (Lipinski definition) is 0. The lowest BCUT2D eigenvalue weighted by Crippen LogP contribution is -2.46. The molecule has 1 aromatic rings. The molecule has 92 valence electrons. The van der Waals surface area contributed by atoms with Crippen LogP contribution in [0.2, 0.25) is 0 Å². The van der Waals surface area contributed by atoms with Gasteiger partial charge in [0.1, 0.15) is 0 Å². The Morgan fingerprint density at radius 3 is 2.22 bits per heavy atom. The lowest BCUT2D eigenvalue weighted by atomic mass is 10.2. The zero-order chi connectivity index (χ0) is 12.8. The number of piperazine rings is 1. The van der Waals surface area contributed by atoms with Crippen molar-refractivity contribution in [2.75, 3.05) is 37.6 Å². The second-order valence-electron chi connectivity index (χ2n) is 4.40. The van der Waals surface area contributed by atoms with Gasteiger partial charge in [0.25, 0.3) is 0 Å². The molecule has 4 nitrogen and oxygen atoms in total. The molecule has 0 aliphatic carbocycles. The molecule has 0 radical (unpaired) electrons. The van der Waals surface area contributed by atoms with E-state index in [1.54, 1.807) is 0 Å². The SMILES string of the molecule is N#CCCN1CCN(c2ccc(C#N)cc2)CC1. The first-order valence-electron chi connectivity index (χ1n) is 6.18. The van der Waals surface area contributed by atoms with Gasteiger partial charge in [-0.15, -0.1) is 0 Å². The fourth-order valence-corrected chi connectivity index (χ4v) is 2.18. The van der Waals surface area contributed by atoms with Crippen molar-refractivity contribution in [1.82, 2.24) is 4.90 Å². The molecule has 18 heavy (non-hydrogen) atoms. The number of nitrogens with zero attached hydrogens (tertiary/aromatic N) is 4. The molecule has 0 saturated carbocycles. The van der Waals surface area contributed by atoms with E-state index in [1.807, 2.05) is 24.3 Å². The van der Waals surface area contributed by atoms with Gasteiger partial charge < -0.3 is 4.90 Å². The van der Waals surface area contributed by atoms with Crippen molar-refractivity contribution < 1.29 is 0 Å². The predicted octanol–water partition coefficient (Wildman–Crippen LogP) is 1.59. The van der Waals surface area contributed by atoms with Gasteiger partial charge in [-0.05, 0) is 24.3 Å². The highest BCUT2D eigenvalue weighted by molar-refractivity contribution is 5.50. The van der Waals surface area contributed by atoms with Crippen LogP contribution in [0.1, 0.15) is 12.0 Å². The molecule has 1 aliphatic heterocycles. The van der Waals surface area contributed by atoms with Gasteiger partial charge in [-0.2, -0.15) is 10.5 Å². The number of benzene rings is 1. The first-order valence-corrected chi connectivity index (χ1v) is 6.18. The largest absolute Gasteiger partial charge is 0.369 e. The van der Waals surface area contributed by atoms with E-state index in [0.717, 1.165) is 32.7 Å². The van der Waals surface area contributed by atoms with Crippen LogP contribution in [0, 0.1) is 22.7 Å².